The summed E-state index contributed by atoms with van der Waals surface area (Å²) in [6.07, 6.45) is 0.634. The molecule has 1 aromatic carbocycles. The second-order valence-electron chi connectivity index (χ2n) is 2.89. The molecule has 4 nitrogen and oxygen atoms in total. The molecule has 1 N–H and O–H groups in total. The van der Waals surface area contributed by atoms with Crippen molar-refractivity contribution in [3.8, 4) is 5.75 Å². The van der Waals surface area contributed by atoms with Crippen molar-refractivity contribution in [3.63, 3.8) is 0 Å². The summed E-state index contributed by atoms with van der Waals surface area (Å²) >= 11 is 0. The number of esters is 1. The molecule has 0 fully saturated rings. The van der Waals surface area contributed by atoms with Gasteiger partial charge < -0.3 is 9.84 Å². The number of aliphatic carboxylic acids is 1. The van der Waals surface area contributed by atoms with Crippen LogP contribution in [0.3, 0.4) is 0 Å². The summed E-state index contributed by atoms with van der Waals surface area (Å²) in [5.41, 5.74) is 0. The maximum Gasteiger partial charge on any atom is 0.310 e. The normalized spacial score (nSPS) is 8.62. The highest BCUT2D eigenvalue weighted by Gasteiger charge is 1.98. The van der Waals surface area contributed by atoms with Crippen LogP contribution in [0.4, 0.5) is 0 Å². The molecule has 4 heteroatoms. The van der Waals surface area contributed by atoms with E-state index in [1.807, 2.05) is 18.2 Å². The molecule has 0 aliphatic carbocycles. The first-order valence-electron chi connectivity index (χ1n) is 5.07. The van der Waals surface area contributed by atoms with E-state index in [1.54, 1.807) is 26.0 Å². The number of carbonyl (C=O) groups is 2. The Morgan fingerprint density at radius 3 is 2.00 bits per heavy atom. The Labute approximate surface area is 94.9 Å². The molecule has 0 saturated heterocycles. The van der Waals surface area contributed by atoms with E-state index >= 15 is 0 Å². The molecule has 0 amide bonds. The van der Waals surface area contributed by atoms with Gasteiger partial charge in [-0.3, -0.25) is 9.59 Å². The number of hydrogen-bond donors (Lipinski definition) is 1. The lowest BCUT2D eigenvalue weighted by atomic mass is 10.3. The number of carbonyl (C=O) groups excluding carboxylic acids is 1. The van der Waals surface area contributed by atoms with Crippen LogP contribution < -0.4 is 4.74 Å². The molecular formula is C12H16O4. The minimum atomic E-state index is -0.745. The summed E-state index contributed by atoms with van der Waals surface area (Å²) in [4.78, 5) is 20.1. The summed E-state index contributed by atoms with van der Waals surface area (Å²) in [7, 11) is 0. The Bertz CT molecular complexity index is 319. The molecule has 0 unspecified atom stereocenters. The van der Waals surface area contributed by atoms with Crippen LogP contribution in [0.25, 0.3) is 0 Å². The average Bonchev–Trinajstić information content (AvgIpc) is 2.31. The third kappa shape index (κ3) is 7.55. The van der Waals surface area contributed by atoms with Crippen LogP contribution in [0.2, 0.25) is 0 Å². The highest BCUT2D eigenvalue weighted by Crippen LogP contribution is 2.08. The average molecular weight is 224 g/mol. The van der Waals surface area contributed by atoms with Crippen molar-refractivity contribution in [1.82, 2.24) is 0 Å². The van der Waals surface area contributed by atoms with Gasteiger partial charge in [-0.25, -0.2) is 0 Å². The molecule has 0 saturated carbocycles. The van der Waals surface area contributed by atoms with Gasteiger partial charge in [0.25, 0.3) is 0 Å². The number of para-hydroxylation sites is 1. The lowest BCUT2D eigenvalue weighted by Gasteiger charge is -1.99. The number of carboxylic acids is 1. The van der Waals surface area contributed by atoms with Crippen LogP contribution in [0.15, 0.2) is 30.3 Å². The fourth-order valence-electron chi connectivity index (χ4n) is 0.692. The monoisotopic (exact) mass is 224 g/mol. The highest BCUT2D eigenvalue weighted by molar-refractivity contribution is 5.71. The van der Waals surface area contributed by atoms with Crippen LogP contribution in [0.5, 0.6) is 5.75 Å². The second kappa shape index (κ2) is 8.47. The largest absolute Gasteiger partial charge is 0.481 e. The lowest BCUT2D eigenvalue weighted by molar-refractivity contribution is -0.136. The van der Waals surface area contributed by atoms with Crippen molar-refractivity contribution in [2.45, 2.75) is 26.7 Å². The van der Waals surface area contributed by atoms with Crippen molar-refractivity contribution in [1.29, 1.82) is 0 Å². The number of hydrogen-bond acceptors (Lipinski definition) is 3. The third-order valence-electron chi connectivity index (χ3n) is 1.57. The number of carboxylic acid groups (broad SMARTS) is 1. The Morgan fingerprint density at radius 1 is 1.12 bits per heavy atom. The minimum Gasteiger partial charge on any atom is -0.481 e. The number of ether oxygens (including phenoxy) is 1. The fourth-order valence-corrected chi connectivity index (χ4v) is 0.692. The summed E-state index contributed by atoms with van der Waals surface area (Å²) in [5, 5.41) is 7.72. The van der Waals surface area contributed by atoms with Crippen molar-refractivity contribution in [2.24, 2.45) is 0 Å². The molecular weight excluding hydrogens is 208 g/mol. The Morgan fingerprint density at radius 2 is 1.62 bits per heavy atom. The molecule has 0 atom stereocenters. The van der Waals surface area contributed by atoms with Crippen LogP contribution in [0, 0.1) is 0 Å². The van der Waals surface area contributed by atoms with Crippen LogP contribution >= 0.6 is 0 Å². The van der Waals surface area contributed by atoms with Crippen molar-refractivity contribution in [3.05, 3.63) is 30.3 Å². The van der Waals surface area contributed by atoms with E-state index in [0.29, 0.717) is 12.2 Å². The first kappa shape index (κ1) is 14.2. The zero-order valence-corrected chi connectivity index (χ0v) is 9.47. The molecule has 0 aliphatic rings. The van der Waals surface area contributed by atoms with Gasteiger partial charge in [0.1, 0.15) is 5.75 Å². The molecule has 0 bridgehead atoms. The molecule has 88 valence electrons. The van der Waals surface area contributed by atoms with Gasteiger partial charge in [-0.2, -0.15) is 0 Å². The Kier molecular flexibility index (Phi) is 7.49. The maximum atomic E-state index is 10.8. The Hall–Kier alpha value is -1.84. The van der Waals surface area contributed by atoms with Crippen LogP contribution in [-0.4, -0.2) is 17.0 Å². The standard InChI is InChI=1S/C9H10O2.C3H6O2/c1-2-9(10)11-8-6-4-3-5-7-8;1-2-3(4)5/h3-7H,2H2,1H3;2H2,1H3,(H,4,5). The van der Waals surface area contributed by atoms with Gasteiger partial charge in [-0.1, -0.05) is 32.0 Å². The highest BCUT2D eigenvalue weighted by atomic mass is 16.5. The summed E-state index contributed by atoms with van der Waals surface area (Å²) < 4.78 is 4.92. The molecule has 1 rings (SSSR count). The SMILES string of the molecule is CCC(=O)O.CCC(=O)Oc1ccccc1. The van der Waals surface area contributed by atoms with Crippen molar-refractivity contribution >= 4 is 11.9 Å². The van der Waals surface area contributed by atoms with E-state index in [2.05, 4.69) is 0 Å². The van der Waals surface area contributed by atoms with Gasteiger partial charge in [0.2, 0.25) is 0 Å². The quantitative estimate of drug-likeness (QED) is 0.632. The van der Waals surface area contributed by atoms with Gasteiger partial charge in [-0.15, -0.1) is 0 Å². The van der Waals surface area contributed by atoms with E-state index in [9.17, 15) is 9.59 Å². The smallest absolute Gasteiger partial charge is 0.310 e. The predicted octanol–water partition coefficient (Wildman–Crippen LogP) is 2.48. The van der Waals surface area contributed by atoms with E-state index in [0.717, 1.165) is 0 Å². The van der Waals surface area contributed by atoms with Crippen molar-refractivity contribution < 1.29 is 19.4 Å². The third-order valence-corrected chi connectivity index (χ3v) is 1.57. The molecule has 0 spiro atoms. The van der Waals surface area contributed by atoms with E-state index < -0.39 is 5.97 Å². The summed E-state index contributed by atoms with van der Waals surface area (Å²) in [6.45, 7) is 3.37. The zero-order valence-electron chi connectivity index (χ0n) is 9.47. The topological polar surface area (TPSA) is 63.6 Å². The van der Waals surface area contributed by atoms with E-state index in [-0.39, 0.29) is 12.4 Å². The molecule has 16 heavy (non-hydrogen) atoms. The van der Waals surface area contributed by atoms with Gasteiger partial charge in [0.05, 0.1) is 0 Å². The number of rotatable bonds is 3. The minimum absolute atomic E-state index is 0.198. The summed E-state index contributed by atoms with van der Waals surface area (Å²) in [5.74, 6) is -0.333. The molecule has 0 aliphatic heterocycles. The molecule has 1 aromatic rings. The molecule has 0 heterocycles. The maximum absolute atomic E-state index is 10.8. The first-order chi connectivity index (χ1) is 7.60. The van der Waals surface area contributed by atoms with E-state index in [1.165, 1.54) is 0 Å². The summed E-state index contributed by atoms with van der Waals surface area (Å²) in [6, 6.07) is 9.06. The predicted molar refractivity (Wildman–Crippen MR) is 60.3 cm³/mol. The van der Waals surface area contributed by atoms with Crippen LogP contribution in [-0.2, 0) is 9.59 Å². The zero-order chi connectivity index (χ0) is 12.4. The van der Waals surface area contributed by atoms with Gasteiger partial charge in [0, 0.05) is 12.8 Å². The van der Waals surface area contributed by atoms with Gasteiger partial charge >= 0.3 is 11.9 Å². The Balaban J connectivity index is 0.000000385. The molecule has 0 radical (unpaired) electrons. The van der Waals surface area contributed by atoms with Crippen LogP contribution in [0.1, 0.15) is 26.7 Å². The fraction of sp³-hybridized carbons (Fsp3) is 0.333. The second-order valence-corrected chi connectivity index (χ2v) is 2.89. The van der Waals surface area contributed by atoms with Gasteiger partial charge in [0.15, 0.2) is 0 Å². The first-order valence-corrected chi connectivity index (χ1v) is 5.07. The number of benzene rings is 1. The van der Waals surface area contributed by atoms with E-state index in [4.69, 9.17) is 9.84 Å². The lowest BCUT2D eigenvalue weighted by Crippen LogP contribution is -2.04. The van der Waals surface area contributed by atoms with Crippen molar-refractivity contribution in [2.75, 3.05) is 0 Å². The molecule has 0 aromatic heterocycles. The van der Waals surface area contributed by atoms with Gasteiger partial charge in [-0.05, 0) is 12.1 Å².